The third kappa shape index (κ3) is 3.97. The van der Waals surface area contributed by atoms with E-state index in [1.54, 1.807) is 0 Å². The van der Waals surface area contributed by atoms with E-state index in [1.807, 2.05) is 0 Å². The van der Waals surface area contributed by atoms with Gasteiger partial charge in [0.2, 0.25) is 0 Å². The lowest BCUT2D eigenvalue weighted by atomic mass is 9.84. The van der Waals surface area contributed by atoms with E-state index in [4.69, 9.17) is 0 Å². The molecule has 1 heterocycles. The molecule has 2 nitrogen and oxygen atoms in total. The first kappa shape index (κ1) is 18.0. The molecule has 1 amide bonds. The Hall–Kier alpha value is -1.31. The van der Waals surface area contributed by atoms with Crippen LogP contribution in [-0.2, 0) is 0 Å². The van der Waals surface area contributed by atoms with Crippen LogP contribution in [0.25, 0.3) is 0 Å². The Labute approximate surface area is 142 Å². The average Bonchev–Trinajstić information content (AvgIpc) is 2.53. The van der Waals surface area contributed by atoms with E-state index >= 15 is 0 Å². The number of hydrogen-bond acceptors (Lipinski definition) is 1. The summed E-state index contributed by atoms with van der Waals surface area (Å²) >= 11 is 0. The second-order valence-corrected chi connectivity index (χ2v) is 7.89. The van der Waals surface area contributed by atoms with Gasteiger partial charge in [0.15, 0.2) is 0 Å². The highest BCUT2D eigenvalue weighted by atomic mass is 16.2. The quantitative estimate of drug-likeness (QED) is 0.699. The summed E-state index contributed by atoms with van der Waals surface area (Å²) in [5.41, 5.74) is 4.81. The second kappa shape index (κ2) is 7.51. The van der Waals surface area contributed by atoms with Crippen LogP contribution in [0.3, 0.4) is 0 Å². The molecule has 2 rings (SSSR count). The van der Waals surface area contributed by atoms with E-state index in [-0.39, 0.29) is 5.91 Å². The fourth-order valence-electron chi connectivity index (χ4n) is 3.46. The molecule has 0 atom stereocenters. The predicted molar refractivity (Wildman–Crippen MR) is 98.5 cm³/mol. The van der Waals surface area contributed by atoms with Crippen molar-refractivity contribution in [1.29, 1.82) is 0 Å². The predicted octanol–water partition coefficient (Wildman–Crippen LogP) is 5.68. The summed E-state index contributed by atoms with van der Waals surface area (Å²) in [7, 11) is 0. The van der Waals surface area contributed by atoms with Gasteiger partial charge in [-0.1, -0.05) is 53.7 Å². The molecule has 0 saturated carbocycles. The van der Waals surface area contributed by atoms with E-state index < -0.39 is 0 Å². The molecule has 1 aliphatic rings. The Kier molecular flexibility index (Phi) is 5.89. The van der Waals surface area contributed by atoms with Crippen molar-refractivity contribution in [2.45, 2.75) is 78.6 Å². The molecule has 0 radical (unpaired) electrons. The summed E-state index contributed by atoms with van der Waals surface area (Å²) in [4.78, 5) is 15.3. The lowest BCUT2D eigenvalue weighted by Gasteiger charge is -2.30. The van der Waals surface area contributed by atoms with Crippen LogP contribution in [-0.4, -0.2) is 23.9 Å². The topological polar surface area (TPSA) is 20.3 Å². The molecule has 0 aromatic heterocycles. The molecule has 0 aliphatic carbocycles. The number of piperidine rings is 1. The third-order valence-electron chi connectivity index (χ3n) is 4.99. The summed E-state index contributed by atoms with van der Waals surface area (Å²) in [6.45, 7) is 15.1. The summed E-state index contributed by atoms with van der Waals surface area (Å²) in [6.07, 6.45) is 3.54. The van der Waals surface area contributed by atoms with Crippen molar-refractivity contribution in [2.75, 3.05) is 13.1 Å². The van der Waals surface area contributed by atoms with Crippen molar-refractivity contribution in [1.82, 2.24) is 4.90 Å². The number of likely N-dealkylation sites (tertiary alicyclic amines) is 1. The first-order valence-corrected chi connectivity index (χ1v) is 9.30. The van der Waals surface area contributed by atoms with Gasteiger partial charge in [0.1, 0.15) is 0 Å². The molecule has 1 saturated heterocycles. The van der Waals surface area contributed by atoms with Crippen LogP contribution in [0.4, 0.5) is 0 Å². The molecular weight excluding hydrogens is 282 g/mol. The molecule has 0 bridgehead atoms. The molecule has 0 spiro atoms. The van der Waals surface area contributed by atoms with Crippen LogP contribution in [0.15, 0.2) is 12.1 Å². The number of amides is 1. The maximum atomic E-state index is 13.3. The van der Waals surface area contributed by atoms with E-state index in [0.717, 1.165) is 31.5 Å². The summed E-state index contributed by atoms with van der Waals surface area (Å²) in [5.74, 6) is 1.49. The van der Waals surface area contributed by atoms with E-state index in [2.05, 4.69) is 58.6 Å². The first-order valence-electron chi connectivity index (χ1n) is 9.30. The van der Waals surface area contributed by atoms with Gasteiger partial charge in [-0.25, -0.2) is 0 Å². The Morgan fingerprint density at radius 3 is 1.70 bits per heavy atom. The smallest absolute Gasteiger partial charge is 0.254 e. The van der Waals surface area contributed by atoms with Gasteiger partial charge in [0.05, 0.1) is 0 Å². The maximum absolute atomic E-state index is 13.3. The van der Waals surface area contributed by atoms with Crippen LogP contribution in [0.1, 0.15) is 106 Å². The second-order valence-electron chi connectivity index (χ2n) is 7.89. The minimum Gasteiger partial charge on any atom is -0.339 e. The SMILES string of the molecule is CC(C)c1cc(C(C)C)c(C(=O)N2CCCCC2)c(C(C)C)c1. The van der Waals surface area contributed by atoms with Gasteiger partial charge < -0.3 is 4.90 Å². The number of rotatable bonds is 4. The summed E-state index contributed by atoms with van der Waals surface area (Å²) in [5, 5.41) is 0. The molecule has 2 heteroatoms. The van der Waals surface area contributed by atoms with Crippen LogP contribution in [0.5, 0.6) is 0 Å². The first-order chi connectivity index (χ1) is 10.8. The molecule has 23 heavy (non-hydrogen) atoms. The fourth-order valence-corrected chi connectivity index (χ4v) is 3.46. The van der Waals surface area contributed by atoms with E-state index in [0.29, 0.717) is 17.8 Å². The third-order valence-corrected chi connectivity index (χ3v) is 4.99. The zero-order chi connectivity index (χ0) is 17.1. The van der Waals surface area contributed by atoms with Crippen LogP contribution in [0.2, 0.25) is 0 Å². The minimum atomic E-state index is 0.257. The van der Waals surface area contributed by atoms with Gasteiger partial charge in [-0.2, -0.15) is 0 Å². The Morgan fingerprint density at radius 1 is 0.826 bits per heavy atom. The molecule has 1 aliphatic heterocycles. The zero-order valence-corrected chi connectivity index (χ0v) is 15.8. The lowest BCUT2D eigenvalue weighted by Crippen LogP contribution is -2.37. The van der Waals surface area contributed by atoms with Gasteiger partial charge in [-0.15, -0.1) is 0 Å². The zero-order valence-electron chi connectivity index (χ0n) is 15.8. The molecule has 128 valence electrons. The molecule has 0 N–H and O–H groups in total. The molecule has 1 fully saturated rings. The van der Waals surface area contributed by atoms with Gasteiger partial charge in [0.25, 0.3) is 5.91 Å². The highest BCUT2D eigenvalue weighted by molar-refractivity contribution is 5.98. The molecule has 0 unspecified atom stereocenters. The Morgan fingerprint density at radius 2 is 1.30 bits per heavy atom. The average molecular weight is 316 g/mol. The van der Waals surface area contributed by atoms with Crippen LogP contribution >= 0.6 is 0 Å². The standard InChI is InChI=1S/C21H33NO/c1-14(2)17-12-18(15(3)4)20(19(13-17)16(5)6)21(23)22-10-8-7-9-11-22/h12-16H,7-11H2,1-6H3. The number of hydrogen-bond donors (Lipinski definition) is 0. The fraction of sp³-hybridized carbons (Fsp3) is 0.667. The van der Waals surface area contributed by atoms with Crippen molar-refractivity contribution in [3.05, 3.63) is 34.4 Å². The van der Waals surface area contributed by atoms with E-state index in [9.17, 15) is 4.79 Å². The van der Waals surface area contributed by atoms with Gasteiger partial charge in [-0.3, -0.25) is 4.79 Å². The lowest BCUT2D eigenvalue weighted by molar-refractivity contribution is 0.0721. The van der Waals surface area contributed by atoms with Crippen LogP contribution < -0.4 is 0 Å². The van der Waals surface area contributed by atoms with Gasteiger partial charge in [-0.05, 0) is 53.7 Å². The molecule has 1 aromatic rings. The van der Waals surface area contributed by atoms with Gasteiger partial charge in [0, 0.05) is 18.7 Å². The van der Waals surface area contributed by atoms with Crippen LogP contribution in [0, 0.1) is 0 Å². The highest BCUT2D eigenvalue weighted by Gasteiger charge is 2.26. The summed E-state index contributed by atoms with van der Waals surface area (Å²) < 4.78 is 0. The van der Waals surface area contributed by atoms with E-state index in [1.165, 1.54) is 23.1 Å². The van der Waals surface area contributed by atoms with Crippen molar-refractivity contribution in [3.8, 4) is 0 Å². The minimum absolute atomic E-state index is 0.257. The Balaban J connectivity index is 2.56. The van der Waals surface area contributed by atoms with Crippen molar-refractivity contribution in [2.24, 2.45) is 0 Å². The number of benzene rings is 1. The van der Waals surface area contributed by atoms with Crippen molar-refractivity contribution >= 4 is 5.91 Å². The Bertz CT molecular complexity index is 522. The highest BCUT2D eigenvalue weighted by Crippen LogP contribution is 2.33. The number of carbonyl (C=O) groups is 1. The normalized spacial score (nSPS) is 15.8. The maximum Gasteiger partial charge on any atom is 0.254 e. The number of nitrogens with zero attached hydrogens (tertiary/aromatic N) is 1. The number of carbonyl (C=O) groups excluding carboxylic acids is 1. The van der Waals surface area contributed by atoms with Crippen molar-refractivity contribution < 1.29 is 4.79 Å². The monoisotopic (exact) mass is 315 g/mol. The summed E-state index contributed by atoms with van der Waals surface area (Å²) in [6, 6.07) is 4.55. The molecule has 1 aromatic carbocycles. The van der Waals surface area contributed by atoms with Crippen molar-refractivity contribution in [3.63, 3.8) is 0 Å². The van der Waals surface area contributed by atoms with Gasteiger partial charge >= 0.3 is 0 Å². The molecular formula is C21H33NO. The largest absolute Gasteiger partial charge is 0.339 e.